The van der Waals surface area contributed by atoms with Gasteiger partial charge in [-0.3, -0.25) is 4.90 Å². The van der Waals surface area contributed by atoms with Crippen LogP contribution in [0.3, 0.4) is 0 Å². The molecule has 1 N–H and O–H groups in total. The minimum Gasteiger partial charge on any atom is -0.478 e. The average molecular weight is 378 g/mol. The normalized spacial score (nSPS) is 16.1. The summed E-state index contributed by atoms with van der Waals surface area (Å²) in [5.41, 5.74) is 2.57. The summed E-state index contributed by atoms with van der Waals surface area (Å²) in [5.74, 6) is 0.0200. The molecule has 0 saturated heterocycles. The van der Waals surface area contributed by atoms with E-state index in [0.29, 0.717) is 12.1 Å². The van der Waals surface area contributed by atoms with Gasteiger partial charge < -0.3 is 9.52 Å². The molecule has 0 fully saturated rings. The topological polar surface area (TPSA) is 53.7 Å². The summed E-state index contributed by atoms with van der Waals surface area (Å²) >= 11 is 7.92. The zero-order chi connectivity index (χ0) is 17.8. The number of thiophene rings is 1. The number of nitrogens with zero attached hydrogens (tertiary/aromatic N) is 1. The monoisotopic (exact) mass is 377 g/mol. The lowest BCUT2D eigenvalue weighted by Crippen LogP contribution is -2.32. The molecule has 0 unspecified atom stereocenters. The van der Waals surface area contributed by atoms with Gasteiger partial charge in [-0.05, 0) is 42.8 Å². The van der Waals surface area contributed by atoms with Gasteiger partial charge in [-0.25, -0.2) is 4.79 Å². The second-order valence-corrected chi connectivity index (χ2v) is 7.36. The van der Waals surface area contributed by atoms with Crippen LogP contribution in [-0.2, 0) is 4.79 Å². The van der Waals surface area contributed by atoms with E-state index in [1.807, 2.05) is 30.5 Å². The van der Waals surface area contributed by atoms with Crippen molar-refractivity contribution in [3.63, 3.8) is 0 Å². The predicted molar refractivity (Wildman–Crippen MR) is 101 cm³/mol. The number of aliphatic carboxylic acids is 1. The largest absolute Gasteiger partial charge is 0.478 e. The second kappa shape index (κ2) is 8.04. The molecular formula is C19H20ClNO3S. The van der Waals surface area contributed by atoms with Gasteiger partial charge >= 0.3 is 5.97 Å². The molecule has 3 heterocycles. The minimum atomic E-state index is -0.822. The summed E-state index contributed by atoms with van der Waals surface area (Å²) < 4.78 is 5.68. The van der Waals surface area contributed by atoms with E-state index in [1.165, 1.54) is 0 Å². The minimum absolute atomic E-state index is 0.485. The number of aryl methyl sites for hydroxylation is 1. The van der Waals surface area contributed by atoms with Crippen molar-refractivity contribution < 1.29 is 14.3 Å². The van der Waals surface area contributed by atoms with Crippen LogP contribution in [0.25, 0.3) is 5.57 Å². The van der Waals surface area contributed by atoms with Crippen LogP contribution in [0.15, 0.2) is 45.9 Å². The Labute approximate surface area is 156 Å². The van der Waals surface area contributed by atoms with E-state index < -0.39 is 5.97 Å². The van der Waals surface area contributed by atoms with Crippen LogP contribution >= 0.6 is 22.9 Å². The second-order valence-electron chi connectivity index (χ2n) is 6.04. The summed E-state index contributed by atoms with van der Waals surface area (Å²) in [4.78, 5) is 14.3. The first-order valence-electron chi connectivity index (χ1n) is 8.19. The van der Waals surface area contributed by atoms with Gasteiger partial charge in [0.25, 0.3) is 0 Å². The lowest BCUT2D eigenvalue weighted by atomic mass is 10.1. The third-order valence-electron chi connectivity index (χ3n) is 4.27. The number of rotatable bonds is 6. The molecule has 6 heteroatoms. The highest BCUT2D eigenvalue weighted by Crippen LogP contribution is 2.35. The molecule has 0 radical (unpaired) electrons. The number of carbonyl (C=O) groups is 1. The quantitative estimate of drug-likeness (QED) is 0.782. The molecule has 3 rings (SSSR count). The zero-order valence-corrected chi connectivity index (χ0v) is 15.6. The molecular weight excluding hydrogens is 358 g/mol. The van der Waals surface area contributed by atoms with E-state index >= 15 is 0 Å². The van der Waals surface area contributed by atoms with Crippen LogP contribution in [0, 0.1) is 6.92 Å². The highest BCUT2D eigenvalue weighted by Gasteiger charge is 2.18. The SMILES string of the molecule is Cc1ccoc1C(=CCCN1CCC=C(C(=O)O)C1)c1sccc1Cl. The highest BCUT2D eigenvalue weighted by molar-refractivity contribution is 7.11. The number of hydrogen-bond donors (Lipinski definition) is 1. The first kappa shape index (κ1) is 18.0. The Bertz CT molecular complexity index is 776. The van der Waals surface area contributed by atoms with Gasteiger partial charge in [0.2, 0.25) is 0 Å². The average Bonchev–Trinajstić information content (AvgIpc) is 3.21. The van der Waals surface area contributed by atoms with E-state index in [-0.39, 0.29) is 0 Å². The van der Waals surface area contributed by atoms with Crippen molar-refractivity contribution in [2.45, 2.75) is 19.8 Å². The molecule has 4 nitrogen and oxygen atoms in total. The molecule has 1 aliphatic heterocycles. The summed E-state index contributed by atoms with van der Waals surface area (Å²) in [7, 11) is 0. The molecule has 132 valence electrons. The molecule has 2 aromatic rings. The fourth-order valence-corrected chi connectivity index (χ4v) is 4.16. The summed E-state index contributed by atoms with van der Waals surface area (Å²) in [5, 5.41) is 11.8. The van der Waals surface area contributed by atoms with Crippen molar-refractivity contribution in [2.75, 3.05) is 19.6 Å². The van der Waals surface area contributed by atoms with Gasteiger partial charge in [0.1, 0.15) is 5.76 Å². The standard InChI is InChI=1S/C19H20ClNO3S/c1-13-6-10-24-17(13)15(18-16(20)7-11-25-18)5-3-9-21-8-2-4-14(12-21)19(22)23/h4-7,10-11H,2-3,8-9,12H2,1H3,(H,22,23). The molecule has 0 saturated carbocycles. The Hall–Kier alpha value is -1.82. The maximum atomic E-state index is 11.1. The van der Waals surface area contributed by atoms with Crippen molar-refractivity contribution >= 4 is 34.5 Å². The Morgan fingerprint density at radius 1 is 1.48 bits per heavy atom. The molecule has 0 aliphatic carbocycles. The maximum Gasteiger partial charge on any atom is 0.332 e. The summed E-state index contributed by atoms with van der Waals surface area (Å²) in [6.45, 7) is 4.21. The first-order chi connectivity index (χ1) is 12.1. The van der Waals surface area contributed by atoms with Gasteiger partial charge in [0.05, 0.1) is 16.2 Å². The van der Waals surface area contributed by atoms with Crippen LogP contribution in [0.5, 0.6) is 0 Å². The highest BCUT2D eigenvalue weighted by atomic mass is 35.5. The first-order valence-corrected chi connectivity index (χ1v) is 9.44. The van der Waals surface area contributed by atoms with Crippen LogP contribution in [0.2, 0.25) is 5.02 Å². The number of carboxylic acids is 1. The third-order valence-corrected chi connectivity index (χ3v) is 5.64. The Kier molecular flexibility index (Phi) is 5.78. The van der Waals surface area contributed by atoms with E-state index in [2.05, 4.69) is 11.0 Å². The van der Waals surface area contributed by atoms with Gasteiger partial charge in [0, 0.05) is 30.8 Å². The molecule has 0 amide bonds. The van der Waals surface area contributed by atoms with E-state index in [0.717, 1.165) is 52.7 Å². The number of hydrogen-bond acceptors (Lipinski definition) is 4. The molecule has 0 bridgehead atoms. The van der Waals surface area contributed by atoms with Crippen molar-refractivity contribution in [1.82, 2.24) is 4.90 Å². The van der Waals surface area contributed by atoms with Crippen molar-refractivity contribution in [1.29, 1.82) is 0 Å². The maximum absolute atomic E-state index is 11.1. The van der Waals surface area contributed by atoms with Crippen molar-refractivity contribution in [2.24, 2.45) is 0 Å². The summed E-state index contributed by atoms with van der Waals surface area (Å²) in [6.07, 6.45) is 7.23. The van der Waals surface area contributed by atoms with Crippen LogP contribution < -0.4 is 0 Å². The molecule has 2 aromatic heterocycles. The molecule has 0 spiro atoms. The van der Waals surface area contributed by atoms with Gasteiger partial charge in [-0.1, -0.05) is 23.8 Å². The number of carboxylic acid groups (broad SMARTS) is 1. The molecule has 0 aromatic carbocycles. The van der Waals surface area contributed by atoms with Crippen LogP contribution in [0.1, 0.15) is 29.0 Å². The lowest BCUT2D eigenvalue weighted by Gasteiger charge is -2.25. The van der Waals surface area contributed by atoms with E-state index in [9.17, 15) is 4.79 Å². The third kappa shape index (κ3) is 4.24. The lowest BCUT2D eigenvalue weighted by molar-refractivity contribution is -0.133. The molecule has 0 atom stereocenters. The van der Waals surface area contributed by atoms with E-state index in [1.54, 1.807) is 17.6 Å². The Balaban J connectivity index is 1.74. The molecule has 1 aliphatic rings. The fourth-order valence-electron chi connectivity index (χ4n) is 2.97. The zero-order valence-electron chi connectivity index (χ0n) is 14.0. The van der Waals surface area contributed by atoms with Crippen molar-refractivity contribution in [3.8, 4) is 0 Å². The van der Waals surface area contributed by atoms with Gasteiger partial charge in [0.15, 0.2) is 0 Å². The van der Waals surface area contributed by atoms with Crippen LogP contribution in [-0.4, -0.2) is 35.6 Å². The number of halogens is 1. The van der Waals surface area contributed by atoms with Crippen molar-refractivity contribution in [3.05, 3.63) is 62.7 Å². The fraction of sp³-hybridized carbons (Fsp3) is 0.316. The van der Waals surface area contributed by atoms with Gasteiger partial charge in [-0.2, -0.15) is 0 Å². The van der Waals surface area contributed by atoms with Crippen LogP contribution in [0.4, 0.5) is 0 Å². The Morgan fingerprint density at radius 3 is 2.96 bits per heavy atom. The summed E-state index contributed by atoms with van der Waals surface area (Å²) in [6, 6.07) is 3.83. The Morgan fingerprint density at radius 2 is 2.32 bits per heavy atom. The van der Waals surface area contributed by atoms with E-state index in [4.69, 9.17) is 21.1 Å². The predicted octanol–water partition coefficient (Wildman–Crippen LogP) is 4.84. The number of furan rings is 1. The van der Waals surface area contributed by atoms with Gasteiger partial charge in [-0.15, -0.1) is 11.3 Å². The smallest absolute Gasteiger partial charge is 0.332 e. The molecule has 25 heavy (non-hydrogen) atoms.